The van der Waals surface area contributed by atoms with E-state index in [0.29, 0.717) is 0 Å². The van der Waals surface area contributed by atoms with Gasteiger partial charge in [0.15, 0.2) is 0 Å². The third kappa shape index (κ3) is 13.7. The highest BCUT2D eigenvalue weighted by atomic mass is 79.9. The van der Waals surface area contributed by atoms with E-state index in [1.54, 1.807) is 0 Å². The molecule has 0 aromatic rings. The van der Waals surface area contributed by atoms with Crippen LogP contribution < -0.4 is 0 Å². The van der Waals surface area contributed by atoms with Gasteiger partial charge in [-0.15, -0.1) is 4.55 Å². The second-order valence-corrected chi connectivity index (χ2v) is 10.1. The van der Waals surface area contributed by atoms with E-state index in [9.17, 15) is 0 Å². The smallest absolute Gasteiger partial charge is 0.307 e. The van der Waals surface area contributed by atoms with Crippen molar-refractivity contribution < 1.29 is 0 Å². The Balaban J connectivity index is 3.35. The molecule has 0 aromatic heterocycles. The van der Waals surface area contributed by atoms with E-state index in [0.717, 1.165) is 17.8 Å². The Morgan fingerprint density at radius 1 is 0.722 bits per heavy atom. The fourth-order valence-electron chi connectivity index (χ4n) is 2.57. The van der Waals surface area contributed by atoms with Crippen LogP contribution in [0.15, 0.2) is 0 Å². The minimum Gasteiger partial charge on any atom is -0.307 e. The second kappa shape index (κ2) is 13.2. The standard InChI is InChI=1S/C16H33.BrH.Mg/c1-6-9-15(4)12-8-13-16(5)11-7-10-14(2)3;;/h14-16H,1,6-13H2,2-5H3;1H;/q;;+1/p-1/t15-,16-;;/m1../s1. The molecule has 0 radical (unpaired) electrons. The first-order valence-corrected chi connectivity index (χ1v) is 13.0. The molecule has 106 valence electrons. The zero-order chi connectivity index (χ0) is 13.8. The van der Waals surface area contributed by atoms with E-state index in [-0.39, 0.29) is 18.2 Å². The number of hydrogen-bond donors (Lipinski definition) is 0. The Morgan fingerprint density at radius 3 is 1.61 bits per heavy atom. The normalized spacial score (nSPS) is 14.6. The molecule has 0 aliphatic rings. The minimum absolute atomic E-state index is 0.135. The van der Waals surface area contributed by atoms with Crippen molar-refractivity contribution in [3.8, 4) is 0 Å². The Kier molecular flexibility index (Phi) is 14.2. The van der Waals surface area contributed by atoms with Crippen molar-refractivity contribution in [3.05, 3.63) is 0 Å². The molecule has 0 amide bonds. The second-order valence-electron chi connectivity index (χ2n) is 6.65. The van der Waals surface area contributed by atoms with Crippen molar-refractivity contribution in [2.75, 3.05) is 0 Å². The first-order chi connectivity index (χ1) is 8.56. The third-order valence-electron chi connectivity index (χ3n) is 3.95. The van der Waals surface area contributed by atoms with Crippen molar-refractivity contribution in [2.24, 2.45) is 17.8 Å². The molecule has 0 saturated carbocycles. The van der Waals surface area contributed by atoms with Gasteiger partial charge in [-0.3, -0.25) is 0 Å². The van der Waals surface area contributed by atoms with Gasteiger partial charge in [0.05, 0.1) is 0 Å². The van der Waals surface area contributed by atoms with Crippen LogP contribution in [0.1, 0.15) is 79.1 Å². The molecule has 2 atom stereocenters. The van der Waals surface area contributed by atoms with Gasteiger partial charge in [-0.2, -0.15) is 0 Å². The van der Waals surface area contributed by atoms with Crippen LogP contribution in [0.25, 0.3) is 0 Å². The van der Waals surface area contributed by atoms with Crippen molar-refractivity contribution in [1.29, 1.82) is 0 Å². The molecule has 0 aliphatic carbocycles. The predicted octanol–water partition coefficient (Wildman–Crippen LogP) is 6.47. The molecule has 0 saturated heterocycles. The summed E-state index contributed by atoms with van der Waals surface area (Å²) >= 11 is 3.78. The van der Waals surface area contributed by atoms with Crippen LogP contribution >= 0.6 is 12.9 Å². The molecule has 0 fully saturated rings. The van der Waals surface area contributed by atoms with Gasteiger partial charge in [-0.1, -0.05) is 79.1 Å². The van der Waals surface area contributed by atoms with E-state index >= 15 is 0 Å². The molecule has 2 heteroatoms. The number of rotatable bonds is 12. The summed E-state index contributed by atoms with van der Waals surface area (Å²) in [5, 5.41) is 0. The summed E-state index contributed by atoms with van der Waals surface area (Å²) in [5.41, 5.74) is 0. The van der Waals surface area contributed by atoms with Gasteiger partial charge >= 0.3 is 18.2 Å². The fraction of sp³-hybridized carbons (Fsp3) is 1.00. The molecule has 0 heterocycles. The Labute approximate surface area is 132 Å². The molecule has 0 aliphatic heterocycles. The molecule has 0 aromatic carbocycles. The average Bonchev–Trinajstić information content (AvgIpc) is 2.29. The quantitative estimate of drug-likeness (QED) is 0.284. The van der Waals surface area contributed by atoms with Gasteiger partial charge in [0.2, 0.25) is 0 Å². The largest absolute Gasteiger partial charge is 0.468 e. The molecule has 0 nitrogen and oxygen atoms in total. The topological polar surface area (TPSA) is 0 Å². The van der Waals surface area contributed by atoms with E-state index < -0.39 is 0 Å². The van der Waals surface area contributed by atoms with Crippen molar-refractivity contribution in [2.45, 2.75) is 83.6 Å². The highest BCUT2D eigenvalue weighted by molar-refractivity contribution is 9.23. The SMILES string of the molecule is CC(C)CCC[C@@H](C)CCC[C@H](C)CC[CH2][Mg][Br]. The summed E-state index contributed by atoms with van der Waals surface area (Å²) < 4.78 is 1.48. The Morgan fingerprint density at radius 2 is 1.17 bits per heavy atom. The third-order valence-corrected chi connectivity index (χ3v) is 6.40. The molecule has 18 heavy (non-hydrogen) atoms. The van der Waals surface area contributed by atoms with Crippen LogP contribution in [0.5, 0.6) is 0 Å². The maximum absolute atomic E-state index is 3.64. The van der Waals surface area contributed by atoms with Crippen molar-refractivity contribution >= 4 is 31.1 Å². The van der Waals surface area contributed by atoms with Crippen LogP contribution in [-0.4, -0.2) is 18.2 Å². The maximum atomic E-state index is 3.64. The molecular formula is C16H33BrMg. The average molecular weight is 330 g/mol. The Bertz CT molecular complexity index is 170. The monoisotopic (exact) mass is 328 g/mol. The van der Waals surface area contributed by atoms with Gasteiger partial charge in [0, 0.05) is 0 Å². The van der Waals surface area contributed by atoms with E-state index in [1.807, 2.05) is 0 Å². The highest BCUT2D eigenvalue weighted by Crippen LogP contribution is 2.21. The molecule has 0 bridgehead atoms. The van der Waals surface area contributed by atoms with Gasteiger partial charge in [-0.05, 0) is 17.8 Å². The van der Waals surface area contributed by atoms with Crippen LogP contribution in [-0.2, 0) is 0 Å². The predicted molar refractivity (Wildman–Crippen MR) is 89.6 cm³/mol. The van der Waals surface area contributed by atoms with Crippen LogP contribution in [0, 0.1) is 17.8 Å². The molecule has 0 N–H and O–H groups in total. The number of hydrogen-bond acceptors (Lipinski definition) is 0. The van der Waals surface area contributed by atoms with E-state index in [2.05, 4.69) is 40.6 Å². The minimum atomic E-state index is 0.135. The van der Waals surface area contributed by atoms with Crippen molar-refractivity contribution in [3.63, 3.8) is 0 Å². The lowest BCUT2D eigenvalue weighted by atomic mass is 9.92. The number of halogens is 1. The summed E-state index contributed by atoms with van der Waals surface area (Å²) in [4.78, 5) is 0. The van der Waals surface area contributed by atoms with Crippen LogP contribution in [0.2, 0.25) is 4.55 Å². The van der Waals surface area contributed by atoms with E-state index in [1.165, 1.54) is 55.9 Å². The lowest BCUT2D eigenvalue weighted by Crippen LogP contribution is -2.00. The van der Waals surface area contributed by atoms with Gasteiger partial charge in [-0.25, -0.2) is 0 Å². The van der Waals surface area contributed by atoms with Gasteiger partial charge < -0.3 is 12.9 Å². The summed E-state index contributed by atoms with van der Waals surface area (Å²) in [5.74, 6) is 2.79. The summed E-state index contributed by atoms with van der Waals surface area (Å²) in [6, 6.07) is 0. The van der Waals surface area contributed by atoms with Crippen LogP contribution in [0.4, 0.5) is 0 Å². The zero-order valence-corrected chi connectivity index (χ0v) is 16.2. The maximum Gasteiger partial charge on any atom is 0.468 e. The fourth-order valence-corrected chi connectivity index (χ4v) is 4.23. The molecule has 0 rings (SSSR count). The summed E-state index contributed by atoms with van der Waals surface area (Å²) in [6.07, 6.45) is 11.6. The summed E-state index contributed by atoms with van der Waals surface area (Å²) in [6.45, 7) is 9.56. The lowest BCUT2D eigenvalue weighted by Gasteiger charge is -2.14. The van der Waals surface area contributed by atoms with Crippen molar-refractivity contribution in [1.82, 2.24) is 0 Å². The lowest BCUT2D eigenvalue weighted by molar-refractivity contribution is 0.391. The molecule has 0 spiro atoms. The van der Waals surface area contributed by atoms with Gasteiger partial charge in [0.1, 0.15) is 0 Å². The van der Waals surface area contributed by atoms with Crippen LogP contribution in [0.3, 0.4) is 0 Å². The summed E-state index contributed by atoms with van der Waals surface area (Å²) in [7, 11) is 0. The molecular weight excluding hydrogens is 296 g/mol. The highest BCUT2D eigenvalue weighted by Gasteiger charge is 2.06. The first kappa shape index (κ1) is 19.2. The molecule has 0 unspecified atom stereocenters. The van der Waals surface area contributed by atoms with Gasteiger partial charge in [0.25, 0.3) is 0 Å². The van der Waals surface area contributed by atoms with E-state index in [4.69, 9.17) is 0 Å². The first-order valence-electron chi connectivity index (χ1n) is 8.12. The Hall–Kier alpha value is 1.25. The zero-order valence-electron chi connectivity index (χ0n) is 13.2.